The van der Waals surface area contributed by atoms with Crippen LogP contribution in [0, 0.1) is 20.8 Å². The minimum absolute atomic E-state index is 0.281. The van der Waals surface area contributed by atoms with Gasteiger partial charge in [-0.2, -0.15) is 10.2 Å². The van der Waals surface area contributed by atoms with Gasteiger partial charge >= 0.3 is 0 Å². The number of aromatic nitrogens is 6. The van der Waals surface area contributed by atoms with Gasteiger partial charge in [-0.25, -0.2) is 9.67 Å². The van der Waals surface area contributed by atoms with E-state index in [1.165, 1.54) is 5.56 Å². The Kier molecular flexibility index (Phi) is 3.98. The first-order valence-electron chi connectivity index (χ1n) is 7.84. The highest BCUT2D eigenvalue weighted by Gasteiger charge is 2.18. The van der Waals surface area contributed by atoms with E-state index in [0.29, 0.717) is 6.42 Å². The van der Waals surface area contributed by atoms with Crippen molar-refractivity contribution in [3.63, 3.8) is 0 Å². The highest BCUT2D eigenvalue weighted by Crippen LogP contribution is 2.21. The zero-order chi connectivity index (χ0) is 16.6. The van der Waals surface area contributed by atoms with E-state index in [1.54, 1.807) is 6.20 Å². The molecule has 120 valence electrons. The number of aromatic amines is 1. The summed E-state index contributed by atoms with van der Waals surface area (Å²) < 4.78 is 1.94. The lowest BCUT2D eigenvalue weighted by molar-refractivity contribution is 0.746. The Balaban J connectivity index is 2.11. The Bertz CT molecular complexity index is 808. The summed E-state index contributed by atoms with van der Waals surface area (Å²) in [6, 6.07) is 1.98. The van der Waals surface area contributed by atoms with Crippen molar-refractivity contribution >= 4 is 0 Å². The molecule has 0 saturated carbocycles. The second-order valence-corrected chi connectivity index (χ2v) is 6.20. The van der Waals surface area contributed by atoms with Crippen LogP contribution in [-0.4, -0.2) is 29.9 Å². The van der Waals surface area contributed by atoms with Crippen molar-refractivity contribution in [3.8, 4) is 5.69 Å². The van der Waals surface area contributed by atoms with E-state index < -0.39 is 0 Å². The average Bonchev–Trinajstić information content (AvgIpc) is 3.07. The van der Waals surface area contributed by atoms with E-state index in [2.05, 4.69) is 29.0 Å². The van der Waals surface area contributed by atoms with Crippen molar-refractivity contribution in [2.24, 2.45) is 0 Å². The third-order valence-corrected chi connectivity index (χ3v) is 4.04. The monoisotopic (exact) mass is 310 g/mol. The van der Waals surface area contributed by atoms with Gasteiger partial charge in [0.2, 0.25) is 0 Å². The summed E-state index contributed by atoms with van der Waals surface area (Å²) >= 11 is 0. The molecule has 23 heavy (non-hydrogen) atoms. The Labute approximate surface area is 136 Å². The molecule has 0 amide bonds. The zero-order valence-corrected chi connectivity index (χ0v) is 14.3. The van der Waals surface area contributed by atoms with Crippen molar-refractivity contribution in [1.29, 1.82) is 0 Å². The smallest absolute Gasteiger partial charge is 0.153 e. The van der Waals surface area contributed by atoms with Crippen LogP contribution >= 0.6 is 0 Å². The maximum Gasteiger partial charge on any atom is 0.153 e. The van der Waals surface area contributed by atoms with Crippen LogP contribution in [0.25, 0.3) is 5.69 Å². The molecule has 0 fully saturated rings. The van der Waals surface area contributed by atoms with Crippen molar-refractivity contribution in [2.75, 3.05) is 0 Å². The van der Waals surface area contributed by atoms with Gasteiger partial charge in [-0.3, -0.25) is 10.1 Å². The molecule has 0 bridgehead atoms. The Morgan fingerprint density at radius 1 is 1.22 bits per heavy atom. The largest absolute Gasteiger partial charge is 0.282 e. The van der Waals surface area contributed by atoms with E-state index in [9.17, 15) is 0 Å². The molecule has 3 rings (SSSR count). The lowest BCUT2D eigenvalue weighted by Crippen LogP contribution is -2.07. The van der Waals surface area contributed by atoms with Gasteiger partial charge in [-0.1, -0.05) is 13.8 Å². The Hall–Kier alpha value is -2.50. The molecule has 3 heterocycles. The standard InChI is InChI=1S/C17H22N6/c1-10(2)17-19-16(8-14-12(4)20-21-13(14)5)23(22-17)15-6-7-18-9-11(15)3/h6-7,9-10H,8H2,1-5H3,(H,20,21). The first-order chi connectivity index (χ1) is 11.0. The summed E-state index contributed by atoms with van der Waals surface area (Å²) in [4.78, 5) is 8.94. The van der Waals surface area contributed by atoms with Gasteiger partial charge in [0, 0.05) is 36.0 Å². The Morgan fingerprint density at radius 2 is 2.00 bits per heavy atom. The van der Waals surface area contributed by atoms with Crippen LogP contribution in [0.15, 0.2) is 18.5 Å². The van der Waals surface area contributed by atoms with E-state index in [-0.39, 0.29) is 5.92 Å². The fourth-order valence-electron chi connectivity index (χ4n) is 2.61. The summed E-state index contributed by atoms with van der Waals surface area (Å²) in [5, 5.41) is 12.0. The average molecular weight is 310 g/mol. The van der Waals surface area contributed by atoms with E-state index in [1.807, 2.05) is 37.7 Å². The molecule has 0 aliphatic carbocycles. The molecule has 3 aromatic rings. The lowest BCUT2D eigenvalue weighted by atomic mass is 10.1. The van der Waals surface area contributed by atoms with Crippen LogP contribution in [-0.2, 0) is 6.42 Å². The first-order valence-corrected chi connectivity index (χ1v) is 7.84. The molecule has 0 saturated heterocycles. The van der Waals surface area contributed by atoms with Crippen LogP contribution in [0.5, 0.6) is 0 Å². The molecule has 0 aromatic carbocycles. The summed E-state index contributed by atoms with van der Waals surface area (Å²) in [5.74, 6) is 2.06. The predicted octanol–water partition coefficient (Wildman–Crippen LogP) is 3.02. The van der Waals surface area contributed by atoms with Gasteiger partial charge in [-0.05, 0) is 32.4 Å². The van der Waals surface area contributed by atoms with Crippen LogP contribution in [0.1, 0.15) is 53.9 Å². The zero-order valence-electron chi connectivity index (χ0n) is 14.3. The minimum atomic E-state index is 0.281. The van der Waals surface area contributed by atoms with Crippen molar-refractivity contribution in [3.05, 3.63) is 52.6 Å². The minimum Gasteiger partial charge on any atom is -0.282 e. The summed E-state index contributed by atoms with van der Waals surface area (Å²) in [6.07, 6.45) is 4.34. The Morgan fingerprint density at radius 3 is 2.61 bits per heavy atom. The summed E-state index contributed by atoms with van der Waals surface area (Å²) in [5.41, 5.74) is 5.37. The highest BCUT2D eigenvalue weighted by atomic mass is 15.4. The van der Waals surface area contributed by atoms with E-state index in [4.69, 9.17) is 10.1 Å². The number of rotatable bonds is 4. The number of H-pyrrole nitrogens is 1. The van der Waals surface area contributed by atoms with Gasteiger partial charge in [-0.15, -0.1) is 0 Å². The normalized spacial score (nSPS) is 11.4. The number of aryl methyl sites for hydroxylation is 3. The number of hydrogen-bond donors (Lipinski definition) is 1. The molecule has 0 aliphatic rings. The molecular weight excluding hydrogens is 288 g/mol. The first kappa shape index (κ1) is 15.4. The molecule has 0 spiro atoms. The SMILES string of the molecule is Cc1cnccc1-n1nc(C(C)C)nc1Cc1c(C)n[nH]c1C. The van der Waals surface area contributed by atoms with Gasteiger partial charge in [0.05, 0.1) is 11.4 Å². The topological polar surface area (TPSA) is 72.3 Å². The fraction of sp³-hybridized carbons (Fsp3) is 0.412. The molecule has 3 aromatic heterocycles. The van der Waals surface area contributed by atoms with Gasteiger partial charge in [0.1, 0.15) is 5.82 Å². The van der Waals surface area contributed by atoms with Crippen molar-refractivity contribution in [2.45, 2.75) is 47.0 Å². The molecule has 0 aliphatic heterocycles. The molecule has 0 atom stereocenters. The van der Waals surface area contributed by atoms with Crippen molar-refractivity contribution in [1.82, 2.24) is 29.9 Å². The molecular formula is C17H22N6. The molecule has 0 unspecified atom stereocenters. The summed E-state index contributed by atoms with van der Waals surface area (Å²) in [6.45, 7) is 10.3. The van der Waals surface area contributed by atoms with Crippen LogP contribution in [0.3, 0.4) is 0 Å². The third kappa shape index (κ3) is 2.88. The second-order valence-electron chi connectivity index (χ2n) is 6.20. The highest BCUT2D eigenvalue weighted by molar-refractivity contribution is 5.39. The molecule has 0 radical (unpaired) electrons. The fourth-order valence-corrected chi connectivity index (χ4v) is 2.61. The van der Waals surface area contributed by atoms with Crippen LogP contribution in [0.2, 0.25) is 0 Å². The van der Waals surface area contributed by atoms with Gasteiger partial charge in [0.15, 0.2) is 5.82 Å². The predicted molar refractivity (Wildman–Crippen MR) is 88.8 cm³/mol. The maximum absolute atomic E-state index is 4.77. The number of nitrogens with one attached hydrogen (secondary N) is 1. The molecule has 1 N–H and O–H groups in total. The number of nitrogens with zero attached hydrogens (tertiary/aromatic N) is 5. The van der Waals surface area contributed by atoms with Crippen LogP contribution in [0.4, 0.5) is 0 Å². The van der Waals surface area contributed by atoms with E-state index >= 15 is 0 Å². The van der Waals surface area contributed by atoms with Gasteiger partial charge in [0.25, 0.3) is 0 Å². The van der Waals surface area contributed by atoms with Crippen LogP contribution < -0.4 is 0 Å². The van der Waals surface area contributed by atoms with Gasteiger partial charge < -0.3 is 0 Å². The molecule has 6 nitrogen and oxygen atoms in total. The van der Waals surface area contributed by atoms with E-state index in [0.717, 1.165) is 34.3 Å². The number of pyridine rings is 1. The molecule has 6 heteroatoms. The number of hydrogen-bond acceptors (Lipinski definition) is 4. The summed E-state index contributed by atoms with van der Waals surface area (Å²) in [7, 11) is 0. The quantitative estimate of drug-likeness (QED) is 0.804. The maximum atomic E-state index is 4.77. The van der Waals surface area contributed by atoms with Crippen molar-refractivity contribution < 1.29 is 0 Å². The third-order valence-electron chi connectivity index (χ3n) is 4.04. The lowest BCUT2D eigenvalue weighted by Gasteiger charge is -2.08. The second kappa shape index (κ2) is 5.95.